The Hall–Kier alpha value is -1.56. The number of hydrogen-bond donors (Lipinski definition) is 0. The van der Waals surface area contributed by atoms with Crippen LogP contribution in [-0.4, -0.2) is 27.5 Å². The van der Waals surface area contributed by atoms with Crippen LogP contribution in [0.1, 0.15) is 37.6 Å². The molecule has 1 saturated carbocycles. The van der Waals surface area contributed by atoms with Crippen LogP contribution in [0.3, 0.4) is 0 Å². The molecule has 2 aromatic rings. The SMILES string of the molecule is CCOC(=O)C1(c2nc3nccnc3s2)CCCC1. The van der Waals surface area contributed by atoms with E-state index in [4.69, 9.17) is 4.74 Å². The van der Waals surface area contributed by atoms with Gasteiger partial charge in [0.15, 0.2) is 10.5 Å². The first-order chi connectivity index (χ1) is 9.26. The van der Waals surface area contributed by atoms with Crippen molar-refractivity contribution < 1.29 is 9.53 Å². The zero-order chi connectivity index (χ0) is 13.3. The number of thiazole rings is 1. The van der Waals surface area contributed by atoms with Gasteiger partial charge in [0, 0.05) is 12.4 Å². The topological polar surface area (TPSA) is 65.0 Å². The molecule has 0 atom stereocenters. The highest BCUT2D eigenvalue weighted by Gasteiger charge is 2.46. The Balaban J connectivity index is 2.06. The van der Waals surface area contributed by atoms with Crippen molar-refractivity contribution in [2.24, 2.45) is 0 Å². The van der Waals surface area contributed by atoms with E-state index in [0.717, 1.165) is 35.5 Å². The summed E-state index contributed by atoms with van der Waals surface area (Å²) in [5, 5.41) is 0.810. The lowest BCUT2D eigenvalue weighted by Crippen LogP contribution is -2.34. The summed E-state index contributed by atoms with van der Waals surface area (Å²) in [6.45, 7) is 2.24. The van der Waals surface area contributed by atoms with E-state index >= 15 is 0 Å². The highest BCUT2D eigenvalue weighted by atomic mass is 32.1. The first-order valence-corrected chi connectivity index (χ1v) is 7.33. The zero-order valence-electron chi connectivity index (χ0n) is 10.8. The maximum atomic E-state index is 12.3. The third kappa shape index (κ3) is 2.00. The lowest BCUT2D eigenvalue weighted by molar-refractivity contribution is -0.150. The summed E-state index contributed by atoms with van der Waals surface area (Å²) in [6, 6.07) is 0. The second-order valence-electron chi connectivity index (χ2n) is 4.71. The second kappa shape index (κ2) is 4.85. The van der Waals surface area contributed by atoms with Crippen LogP contribution in [-0.2, 0) is 14.9 Å². The highest BCUT2D eigenvalue weighted by Crippen LogP contribution is 2.44. The summed E-state index contributed by atoms with van der Waals surface area (Å²) in [5.41, 5.74) is 0.0568. The molecule has 0 saturated heterocycles. The van der Waals surface area contributed by atoms with Gasteiger partial charge in [-0.15, -0.1) is 0 Å². The molecule has 2 aromatic heterocycles. The van der Waals surface area contributed by atoms with Gasteiger partial charge in [0.1, 0.15) is 10.4 Å². The molecule has 6 heteroatoms. The number of carbonyl (C=O) groups is 1. The summed E-state index contributed by atoms with van der Waals surface area (Å²) in [5.74, 6) is -0.147. The van der Waals surface area contributed by atoms with Crippen LogP contribution < -0.4 is 0 Å². The molecule has 0 radical (unpaired) electrons. The van der Waals surface area contributed by atoms with E-state index < -0.39 is 5.41 Å². The van der Waals surface area contributed by atoms with Crippen molar-refractivity contribution in [3.63, 3.8) is 0 Å². The van der Waals surface area contributed by atoms with Crippen molar-refractivity contribution in [3.8, 4) is 0 Å². The van der Waals surface area contributed by atoms with Gasteiger partial charge in [-0.1, -0.05) is 24.2 Å². The van der Waals surface area contributed by atoms with E-state index in [0.29, 0.717) is 12.3 Å². The molecule has 1 fully saturated rings. The minimum Gasteiger partial charge on any atom is -0.465 e. The fourth-order valence-corrected chi connectivity index (χ4v) is 3.74. The summed E-state index contributed by atoms with van der Waals surface area (Å²) >= 11 is 1.46. The average molecular weight is 277 g/mol. The summed E-state index contributed by atoms with van der Waals surface area (Å²) < 4.78 is 5.27. The monoisotopic (exact) mass is 277 g/mol. The van der Waals surface area contributed by atoms with Gasteiger partial charge in [-0.05, 0) is 19.8 Å². The van der Waals surface area contributed by atoms with E-state index in [9.17, 15) is 4.79 Å². The van der Waals surface area contributed by atoms with E-state index in [2.05, 4.69) is 15.0 Å². The smallest absolute Gasteiger partial charge is 0.319 e. The average Bonchev–Trinajstić information content (AvgIpc) is 3.06. The van der Waals surface area contributed by atoms with Gasteiger partial charge in [-0.2, -0.15) is 0 Å². The molecule has 0 aliphatic heterocycles. The Labute approximate surface area is 115 Å². The van der Waals surface area contributed by atoms with Gasteiger partial charge >= 0.3 is 5.97 Å². The van der Waals surface area contributed by atoms with Crippen LogP contribution in [0.2, 0.25) is 0 Å². The summed E-state index contributed by atoms with van der Waals surface area (Å²) in [7, 11) is 0. The van der Waals surface area contributed by atoms with Crippen LogP contribution in [0.5, 0.6) is 0 Å². The van der Waals surface area contributed by atoms with Crippen LogP contribution in [0, 0.1) is 0 Å². The molecule has 1 aliphatic carbocycles. The van der Waals surface area contributed by atoms with Gasteiger partial charge < -0.3 is 4.74 Å². The second-order valence-corrected chi connectivity index (χ2v) is 5.69. The number of nitrogens with zero attached hydrogens (tertiary/aromatic N) is 3. The van der Waals surface area contributed by atoms with E-state index in [1.165, 1.54) is 11.3 Å². The Kier molecular flexibility index (Phi) is 3.18. The van der Waals surface area contributed by atoms with Crippen LogP contribution in [0.25, 0.3) is 10.5 Å². The summed E-state index contributed by atoms with van der Waals surface area (Å²) in [6.07, 6.45) is 6.97. The Bertz CT molecular complexity index is 572. The van der Waals surface area contributed by atoms with Crippen molar-refractivity contribution in [2.75, 3.05) is 6.61 Å². The molecular formula is C13H15N3O2S. The van der Waals surface area contributed by atoms with E-state index in [1.807, 2.05) is 6.92 Å². The van der Waals surface area contributed by atoms with Crippen molar-refractivity contribution in [3.05, 3.63) is 17.4 Å². The van der Waals surface area contributed by atoms with Gasteiger partial charge in [0.2, 0.25) is 0 Å². The number of fused-ring (bicyclic) bond motifs is 1. The van der Waals surface area contributed by atoms with E-state index in [1.54, 1.807) is 12.4 Å². The largest absolute Gasteiger partial charge is 0.465 e. The number of carbonyl (C=O) groups excluding carboxylic acids is 1. The number of rotatable bonds is 3. The number of hydrogen-bond acceptors (Lipinski definition) is 6. The summed E-state index contributed by atoms with van der Waals surface area (Å²) in [4.78, 5) is 26.1. The lowest BCUT2D eigenvalue weighted by Gasteiger charge is -2.23. The fourth-order valence-electron chi connectivity index (χ4n) is 2.63. The molecule has 19 heavy (non-hydrogen) atoms. The Morgan fingerprint density at radius 1 is 1.37 bits per heavy atom. The standard InChI is InChI=1S/C13H15N3O2S/c1-2-18-12(17)13(5-3-4-6-13)11-16-9-10(19-11)15-8-7-14-9/h7-8H,2-6H2,1H3. The first kappa shape index (κ1) is 12.5. The van der Waals surface area contributed by atoms with Crippen LogP contribution >= 0.6 is 11.3 Å². The predicted octanol–water partition coefficient (Wildman–Crippen LogP) is 2.46. The molecular weight excluding hydrogens is 262 g/mol. The first-order valence-electron chi connectivity index (χ1n) is 6.51. The highest BCUT2D eigenvalue weighted by molar-refractivity contribution is 7.18. The Morgan fingerprint density at radius 3 is 2.79 bits per heavy atom. The molecule has 100 valence electrons. The zero-order valence-corrected chi connectivity index (χ0v) is 11.6. The van der Waals surface area contributed by atoms with Crippen molar-refractivity contribution >= 4 is 27.8 Å². The molecule has 0 spiro atoms. The molecule has 0 N–H and O–H groups in total. The van der Waals surface area contributed by atoms with Crippen molar-refractivity contribution in [2.45, 2.75) is 38.0 Å². The quantitative estimate of drug-likeness (QED) is 0.806. The molecule has 0 unspecified atom stereocenters. The van der Waals surface area contributed by atoms with Gasteiger partial charge in [0.25, 0.3) is 0 Å². The third-order valence-electron chi connectivity index (χ3n) is 3.58. The van der Waals surface area contributed by atoms with Crippen LogP contribution in [0.4, 0.5) is 0 Å². The van der Waals surface area contributed by atoms with Crippen LogP contribution in [0.15, 0.2) is 12.4 Å². The fraction of sp³-hybridized carbons (Fsp3) is 0.538. The lowest BCUT2D eigenvalue weighted by atomic mass is 9.87. The molecule has 0 bridgehead atoms. The number of ether oxygens (including phenoxy) is 1. The van der Waals surface area contributed by atoms with Crippen molar-refractivity contribution in [1.82, 2.24) is 15.0 Å². The molecule has 5 nitrogen and oxygen atoms in total. The van der Waals surface area contributed by atoms with Gasteiger partial charge in [-0.25, -0.2) is 15.0 Å². The number of aromatic nitrogens is 3. The maximum absolute atomic E-state index is 12.3. The predicted molar refractivity (Wildman–Crippen MR) is 72.0 cm³/mol. The maximum Gasteiger partial charge on any atom is 0.319 e. The van der Waals surface area contributed by atoms with E-state index in [-0.39, 0.29) is 5.97 Å². The molecule has 2 heterocycles. The number of esters is 1. The van der Waals surface area contributed by atoms with Gasteiger partial charge in [-0.3, -0.25) is 4.79 Å². The molecule has 0 aromatic carbocycles. The normalized spacial score (nSPS) is 17.7. The molecule has 0 amide bonds. The minimum absolute atomic E-state index is 0.147. The molecule has 3 rings (SSSR count). The van der Waals surface area contributed by atoms with Gasteiger partial charge in [0.05, 0.1) is 6.61 Å². The third-order valence-corrected chi connectivity index (χ3v) is 4.74. The Morgan fingerprint density at radius 2 is 2.11 bits per heavy atom. The molecule has 1 aliphatic rings. The van der Waals surface area contributed by atoms with Crippen molar-refractivity contribution in [1.29, 1.82) is 0 Å². The minimum atomic E-state index is -0.566.